The number of methoxy groups -OCH3 is 1. The van der Waals surface area contributed by atoms with Crippen molar-refractivity contribution in [3.63, 3.8) is 0 Å². The van der Waals surface area contributed by atoms with Crippen LogP contribution < -0.4 is 4.74 Å². The van der Waals surface area contributed by atoms with Gasteiger partial charge in [0.1, 0.15) is 29.0 Å². The molecule has 2 rings (SSSR count). The highest BCUT2D eigenvalue weighted by molar-refractivity contribution is 6.30. The van der Waals surface area contributed by atoms with E-state index in [-0.39, 0.29) is 5.75 Å². The van der Waals surface area contributed by atoms with Crippen molar-refractivity contribution < 1.29 is 27.1 Å². The summed E-state index contributed by atoms with van der Waals surface area (Å²) in [6.07, 6.45) is 0. The van der Waals surface area contributed by atoms with E-state index in [1.54, 1.807) is 0 Å². The molecular weight excluding hydrogens is 312 g/mol. The second kappa shape index (κ2) is 5.73. The molecular formula is C14H7ClF4O2. The lowest BCUT2D eigenvalue weighted by Crippen LogP contribution is -2.10. The van der Waals surface area contributed by atoms with Crippen LogP contribution in [-0.4, -0.2) is 12.9 Å². The summed E-state index contributed by atoms with van der Waals surface area (Å²) in [6, 6.07) is 2.58. The fraction of sp³-hybridized carbons (Fsp3) is 0.0714. The molecule has 0 fully saturated rings. The largest absolute Gasteiger partial charge is 0.497 e. The van der Waals surface area contributed by atoms with E-state index >= 15 is 0 Å². The second-order valence-electron chi connectivity index (χ2n) is 4.04. The first-order valence-corrected chi connectivity index (χ1v) is 5.95. The van der Waals surface area contributed by atoms with Gasteiger partial charge in [-0.05, 0) is 12.1 Å². The summed E-state index contributed by atoms with van der Waals surface area (Å²) in [5.74, 6) is -6.22. The molecule has 110 valence electrons. The average Bonchev–Trinajstić information content (AvgIpc) is 2.41. The number of hydrogen-bond donors (Lipinski definition) is 0. The molecule has 0 radical (unpaired) electrons. The van der Waals surface area contributed by atoms with Gasteiger partial charge in [0.2, 0.25) is 5.78 Å². The Balaban J connectivity index is 2.58. The predicted octanol–water partition coefficient (Wildman–Crippen LogP) is 4.14. The van der Waals surface area contributed by atoms with E-state index in [4.69, 9.17) is 11.6 Å². The molecule has 0 saturated heterocycles. The zero-order chi connectivity index (χ0) is 15.7. The molecule has 0 unspecified atom stereocenters. The maximum Gasteiger partial charge on any atom is 0.201 e. The molecule has 0 saturated carbocycles. The van der Waals surface area contributed by atoms with E-state index < -0.39 is 45.2 Å². The van der Waals surface area contributed by atoms with Crippen molar-refractivity contribution in [2.45, 2.75) is 0 Å². The normalized spacial score (nSPS) is 10.6. The first-order valence-electron chi connectivity index (χ1n) is 5.57. The Morgan fingerprint density at radius 1 is 0.952 bits per heavy atom. The molecule has 0 atom stereocenters. The van der Waals surface area contributed by atoms with Gasteiger partial charge < -0.3 is 4.74 Å². The number of carbonyl (C=O) groups is 1. The zero-order valence-corrected chi connectivity index (χ0v) is 11.3. The number of halogens is 5. The van der Waals surface area contributed by atoms with Crippen LogP contribution in [0.5, 0.6) is 5.75 Å². The number of benzene rings is 2. The van der Waals surface area contributed by atoms with Crippen molar-refractivity contribution in [1.82, 2.24) is 0 Å². The molecule has 0 N–H and O–H groups in total. The lowest BCUT2D eigenvalue weighted by Gasteiger charge is -2.08. The molecule has 0 aliphatic heterocycles. The van der Waals surface area contributed by atoms with Gasteiger partial charge in [0.25, 0.3) is 0 Å². The van der Waals surface area contributed by atoms with Gasteiger partial charge in [0, 0.05) is 12.1 Å². The maximum absolute atomic E-state index is 13.8. The SMILES string of the molecule is COc1cc(F)c(C(=O)c2cc(F)c(Cl)cc2F)c(F)c1. The van der Waals surface area contributed by atoms with E-state index in [9.17, 15) is 22.4 Å². The number of ketones is 1. The summed E-state index contributed by atoms with van der Waals surface area (Å²) in [5.41, 5.74) is -1.82. The summed E-state index contributed by atoms with van der Waals surface area (Å²) >= 11 is 5.35. The van der Waals surface area contributed by atoms with E-state index in [1.807, 2.05) is 0 Å². The lowest BCUT2D eigenvalue weighted by molar-refractivity contribution is 0.102. The van der Waals surface area contributed by atoms with Gasteiger partial charge in [-0.25, -0.2) is 17.6 Å². The molecule has 0 amide bonds. The van der Waals surface area contributed by atoms with Crippen LogP contribution in [0.4, 0.5) is 17.6 Å². The molecule has 21 heavy (non-hydrogen) atoms. The average molecular weight is 319 g/mol. The van der Waals surface area contributed by atoms with Gasteiger partial charge >= 0.3 is 0 Å². The molecule has 0 aliphatic rings. The molecule has 7 heteroatoms. The van der Waals surface area contributed by atoms with Crippen LogP contribution in [0.25, 0.3) is 0 Å². The first kappa shape index (κ1) is 15.3. The summed E-state index contributed by atoms with van der Waals surface area (Å²) in [6.45, 7) is 0. The number of rotatable bonds is 3. The third-order valence-electron chi connectivity index (χ3n) is 2.73. The van der Waals surface area contributed by atoms with Gasteiger partial charge in [0.05, 0.1) is 23.3 Å². The third-order valence-corrected chi connectivity index (χ3v) is 3.02. The quantitative estimate of drug-likeness (QED) is 0.483. The summed E-state index contributed by atoms with van der Waals surface area (Å²) < 4.78 is 59.1. The standard InChI is InChI=1S/C14H7ClF4O2/c1-21-6-2-11(18)13(12(19)3-6)14(20)7-4-10(17)8(15)5-9(7)16/h2-5H,1H3. The maximum atomic E-state index is 13.8. The van der Waals surface area contributed by atoms with Crippen molar-refractivity contribution in [3.05, 3.63) is 63.7 Å². The van der Waals surface area contributed by atoms with Crippen LogP contribution in [-0.2, 0) is 0 Å². The molecule has 2 nitrogen and oxygen atoms in total. The fourth-order valence-corrected chi connectivity index (χ4v) is 1.87. The van der Waals surface area contributed by atoms with Crippen molar-refractivity contribution in [3.8, 4) is 5.75 Å². The topological polar surface area (TPSA) is 26.3 Å². The number of ether oxygens (including phenoxy) is 1. The highest BCUT2D eigenvalue weighted by Gasteiger charge is 2.24. The number of hydrogen-bond acceptors (Lipinski definition) is 2. The molecule has 0 spiro atoms. The highest BCUT2D eigenvalue weighted by atomic mass is 35.5. The first-order chi connectivity index (χ1) is 9.85. The summed E-state index contributed by atoms with van der Waals surface area (Å²) in [4.78, 5) is 12.0. The molecule has 0 heterocycles. The molecule has 2 aromatic carbocycles. The number of carbonyl (C=O) groups excluding carboxylic acids is 1. The Kier molecular flexibility index (Phi) is 4.18. The van der Waals surface area contributed by atoms with Crippen molar-refractivity contribution in [2.24, 2.45) is 0 Å². The molecule has 0 aromatic heterocycles. The van der Waals surface area contributed by atoms with E-state index in [0.717, 1.165) is 12.1 Å². The van der Waals surface area contributed by atoms with Gasteiger partial charge in [-0.1, -0.05) is 11.6 Å². The molecule has 0 bridgehead atoms. The monoisotopic (exact) mass is 318 g/mol. The van der Waals surface area contributed by atoms with Gasteiger partial charge in [-0.2, -0.15) is 0 Å². The minimum absolute atomic E-state index is 0.149. The van der Waals surface area contributed by atoms with E-state index in [0.29, 0.717) is 12.1 Å². The van der Waals surface area contributed by atoms with Crippen LogP contribution in [0.3, 0.4) is 0 Å². The Morgan fingerprint density at radius 3 is 2.05 bits per heavy atom. The van der Waals surface area contributed by atoms with Gasteiger partial charge in [0.15, 0.2) is 0 Å². The Bertz CT molecular complexity index is 708. The van der Waals surface area contributed by atoms with Gasteiger partial charge in [-0.3, -0.25) is 4.79 Å². The van der Waals surface area contributed by atoms with Gasteiger partial charge in [-0.15, -0.1) is 0 Å². The third kappa shape index (κ3) is 2.85. The Labute approximate surface area is 121 Å². The Hall–Kier alpha value is -2.08. The Morgan fingerprint density at radius 2 is 1.52 bits per heavy atom. The van der Waals surface area contributed by atoms with Crippen LogP contribution in [0.2, 0.25) is 5.02 Å². The van der Waals surface area contributed by atoms with E-state index in [1.165, 1.54) is 7.11 Å². The lowest BCUT2D eigenvalue weighted by atomic mass is 10.0. The smallest absolute Gasteiger partial charge is 0.201 e. The second-order valence-corrected chi connectivity index (χ2v) is 4.45. The fourth-order valence-electron chi connectivity index (χ4n) is 1.72. The van der Waals surface area contributed by atoms with E-state index in [2.05, 4.69) is 4.74 Å². The summed E-state index contributed by atoms with van der Waals surface area (Å²) in [7, 11) is 1.18. The van der Waals surface area contributed by atoms with Crippen molar-refractivity contribution in [2.75, 3.05) is 7.11 Å². The molecule has 0 aliphatic carbocycles. The highest BCUT2D eigenvalue weighted by Crippen LogP contribution is 2.26. The molecule has 2 aromatic rings. The van der Waals surface area contributed by atoms with Crippen LogP contribution in [0.15, 0.2) is 24.3 Å². The summed E-state index contributed by atoms with van der Waals surface area (Å²) in [5, 5.41) is -0.542. The van der Waals surface area contributed by atoms with Crippen LogP contribution >= 0.6 is 11.6 Å². The minimum atomic E-state index is -1.33. The predicted molar refractivity (Wildman–Crippen MR) is 67.7 cm³/mol. The van der Waals surface area contributed by atoms with Crippen molar-refractivity contribution in [1.29, 1.82) is 0 Å². The van der Waals surface area contributed by atoms with Crippen molar-refractivity contribution >= 4 is 17.4 Å². The zero-order valence-electron chi connectivity index (χ0n) is 10.5. The van der Waals surface area contributed by atoms with Crippen LogP contribution in [0.1, 0.15) is 15.9 Å². The van der Waals surface area contributed by atoms with Crippen LogP contribution in [0, 0.1) is 23.3 Å². The minimum Gasteiger partial charge on any atom is -0.497 e.